The van der Waals surface area contributed by atoms with E-state index in [0.29, 0.717) is 17.6 Å². The summed E-state index contributed by atoms with van der Waals surface area (Å²) < 4.78 is 0. The molecule has 1 aliphatic heterocycles. The number of carbonyl (C=O) groups is 1. The van der Waals surface area contributed by atoms with Gasteiger partial charge in [-0.15, -0.1) is 0 Å². The number of nitrogens with one attached hydrogen (secondary N) is 1. The highest BCUT2D eigenvalue weighted by atomic mass is 16.1. The molecule has 0 spiro atoms. The lowest BCUT2D eigenvalue weighted by Crippen LogP contribution is -2.66. The first-order valence-corrected chi connectivity index (χ1v) is 9.50. The molecular formula is C19H32N2O. The third kappa shape index (κ3) is 2.54. The van der Waals surface area contributed by atoms with Crippen LogP contribution >= 0.6 is 0 Å². The summed E-state index contributed by atoms with van der Waals surface area (Å²) in [6, 6.07) is 0. The Morgan fingerprint density at radius 3 is 2.59 bits per heavy atom. The Balaban J connectivity index is 1.49. The predicted octanol–water partition coefficient (Wildman–Crippen LogP) is 2.70. The maximum Gasteiger partial charge on any atom is 0.135 e. The van der Waals surface area contributed by atoms with Crippen LogP contribution in [0.25, 0.3) is 0 Å². The Kier molecular flexibility index (Phi) is 3.85. The molecule has 0 amide bonds. The first kappa shape index (κ1) is 15.1. The van der Waals surface area contributed by atoms with Crippen LogP contribution in [0.4, 0.5) is 0 Å². The van der Waals surface area contributed by atoms with Crippen LogP contribution in [0.3, 0.4) is 0 Å². The number of carbonyl (C=O) groups excluding carboxylic acids is 1. The van der Waals surface area contributed by atoms with Crippen molar-refractivity contribution in [3.05, 3.63) is 0 Å². The molecule has 3 nitrogen and oxygen atoms in total. The maximum absolute atomic E-state index is 12.4. The zero-order valence-electron chi connectivity index (χ0n) is 14.3. The van der Waals surface area contributed by atoms with Gasteiger partial charge in [-0.3, -0.25) is 4.79 Å². The molecule has 0 aromatic carbocycles. The standard InChI is InChI=1S/C19H32N2O/c1-13(22)18-17-7-15-6-16(8-17)10-19(18,9-15)20-11-14-4-3-5-21(2)12-14/h14-18,20H,3-12H2,1-2H3. The molecule has 4 aliphatic carbocycles. The number of rotatable bonds is 4. The number of hydrogen-bond acceptors (Lipinski definition) is 3. The summed E-state index contributed by atoms with van der Waals surface area (Å²) in [6.45, 7) is 5.46. The van der Waals surface area contributed by atoms with Crippen LogP contribution in [-0.4, -0.2) is 42.9 Å². The van der Waals surface area contributed by atoms with Crippen molar-refractivity contribution < 1.29 is 4.79 Å². The third-order valence-electron chi connectivity index (χ3n) is 7.21. The van der Waals surface area contributed by atoms with E-state index in [-0.39, 0.29) is 5.54 Å². The zero-order chi connectivity index (χ0) is 15.3. The molecule has 4 unspecified atom stereocenters. The number of Topliss-reactive ketones (excluding diaryl/α,β-unsaturated/α-hetero) is 1. The van der Waals surface area contributed by atoms with E-state index >= 15 is 0 Å². The minimum absolute atomic E-state index is 0.163. The molecule has 5 aliphatic rings. The van der Waals surface area contributed by atoms with Gasteiger partial charge < -0.3 is 10.2 Å². The lowest BCUT2D eigenvalue weighted by Gasteiger charge is -2.61. The summed E-state index contributed by atoms with van der Waals surface area (Å²) in [5, 5.41) is 4.00. The molecule has 5 fully saturated rings. The molecule has 5 rings (SSSR count). The van der Waals surface area contributed by atoms with Crippen LogP contribution in [-0.2, 0) is 4.79 Å². The van der Waals surface area contributed by atoms with Crippen molar-refractivity contribution in [3.8, 4) is 0 Å². The fourth-order valence-electron chi connectivity index (χ4n) is 6.80. The van der Waals surface area contributed by atoms with Crippen LogP contribution in [0.1, 0.15) is 51.9 Å². The Labute approximate surface area is 135 Å². The highest BCUT2D eigenvalue weighted by Gasteiger charge is 2.58. The summed E-state index contributed by atoms with van der Waals surface area (Å²) in [7, 11) is 2.25. The second-order valence-electron chi connectivity index (χ2n) is 9.00. The summed E-state index contributed by atoms with van der Waals surface area (Å²) in [4.78, 5) is 14.9. The third-order valence-corrected chi connectivity index (χ3v) is 7.21. The van der Waals surface area contributed by atoms with E-state index in [4.69, 9.17) is 0 Å². The van der Waals surface area contributed by atoms with Crippen molar-refractivity contribution in [1.82, 2.24) is 10.2 Å². The topological polar surface area (TPSA) is 32.3 Å². The lowest BCUT2D eigenvalue weighted by molar-refractivity contribution is -0.139. The van der Waals surface area contributed by atoms with E-state index < -0.39 is 0 Å². The molecule has 4 bridgehead atoms. The molecule has 1 heterocycles. The Morgan fingerprint density at radius 1 is 1.23 bits per heavy atom. The van der Waals surface area contributed by atoms with Crippen molar-refractivity contribution in [3.63, 3.8) is 0 Å². The fraction of sp³-hybridized carbons (Fsp3) is 0.947. The summed E-state index contributed by atoms with van der Waals surface area (Å²) in [5.74, 6) is 4.02. The van der Waals surface area contributed by atoms with Crippen molar-refractivity contribution in [2.75, 3.05) is 26.7 Å². The van der Waals surface area contributed by atoms with Gasteiger partial charge in [0.15, 0.2) is 0 Å². The molecule has 0 aromatic heterocycles. The van der Waals surface area contributed by atoms with E-state index in [9.17, 15) is 4.79 Å². The Bertz CT molecular complexity index is 435. The van der Waals surface area contributed by atoms with Gasteiger partial charge in [0.05, 0.1) is 0 Å². The van der Waals surface area contributed by atoms with Gasteiger partial charge in [0.2, 0.25) is 0 Å². The van der Waals surface area contributed by atoms with Crippen molar-refractivity contribution in [2.45, 2.75) is 57.4 Å². The molecule has 0 aromatic rings. The highest BCUT2D eigenvalue weighted by molar-refractivity contribution is 5.80. The smallest absolute Gasteiger partial charge is 0.135 e. The maximum atomic E-state index is 12.4. The van der Waals surface area contributed by atoms with Gasteiger partial charge >= 0.3 is 0 Å². The largest absolute Gasteiger partial charge is 0.310 e. The molecule has 1 saturated heterocycles. The second kappa shape index (κ2) is 5.59. The minimum Gasteiger partial charge on any atom is -0.310 e. The van der Waals surface area contributed by atoms with Gasteiger partial charge in [-0.2, -0.15) is 0 Å². The van der Waals surface area contributed by atoms with E-state index in [0.717, 1.165) is 24.3 Å². The van der Waals surface area contributed by atoms with E-state index in [1.165, 1.54) is 58.0 Å². The fourth-order valence-corrected chi connectivity index (χ4v) is 6.80. The molecule has 3 heteroatoms. The zero-order valence-corrected chi connectivity index (χ0v) is 14.3. The molecule has 4 saturated carbocycles. The van der Waals surface area contributed by atoms with E-state index in [1.54, 1.807) is 0 Å². The summed E-state index contributed by atoms with van der Waals surface area (Å²) in [5.41, 5.74) is 0.163. The molecule has 22 heavy (non-hydrogen) atoms. The first-order chi connectivity index (χ1) is 10.6. The number of hydrogen-bond donors (Lipinski definition) is 1. The number of likely N-dealkylation sites (tertiary alicyclic amines) is 1. The minimum atomic E-state index is 0.163. The molecule has 4 atom stereocenters. The quantitative estimate of drug-likeness (QED) is 0.867. The molecule has 1 N–H and O–H groups in total. The van der Waals surface area contributed by atoms with E-state index in [1.807, 2.05) is 6.92 Å². The monoisotopic (exact) mass is 304 g/mol. The van der Waals surface area contributed by atoms with Crippen LogP contribution in [0.15, 0.2) is 0 Å². The Morgan fingerprint density at radius 2 is 1.95 bits per heavy atom. The van der Waals surface area contributed by atoms with Gasteiger partial charge in [-0.1, -0.05) is 0 Å². The van der Waals surface area contributed by atoms with Gasteiger partial charge in [0, 0.05) is 18.0 Å². The predicted molar refractivity (Wildman–Crippen MR) is 88.7 cm³/mol. The number of piperidine rings is 1. The van der Waals surface area contributed by atoms with Gasteiger partial charge in [-0.05, 0) is 95.7 Å². The lowest BCUT2D eigenvalue weighted by atomic mass is 9.47. The molecular weight excluding hydrogens is 272 g/mol. The van der Waals surface area contributed by atoms with Crippen molar-refractivity contribution in [1.29, 1.82) is 0 Å². The van der Waals surface area contributed by atoms with E-state index in [2.05, 4.69) is 17.3 Å². The van der Waals surface area contributed by atoms with Gasteiger partial charge in [0.1, 0.15) is 5.78 Å². The number of nitrogens with zero attached hydrogens (tertiary/aromatic N) is 1. The molecule has 124 valence electrons. The van der Waals surface area contributed by atoms with Crippen LogP contribution in [0, 0.1) is 29.6 Å². The normalized spacial score (nSPS) is 47.8. The number of ketones is 1. The SMILES string of the molecule is CC(=O)C1C2CC3CC(C2)CC1(NCC1CCCN(C)C1)C3. The Hall–Kier alpha value is -0.410. The van der Waals surface area contributed by atoms with Crippen LogP contribution in [0.2, 0.25) is 0 Å². The van der Waals surface area contributed by atoms with Gasteiger partial charge in [0.25, 0.3) is 0 Å². The van der Waals surface area contributed by atoms with Crippen molar-refractivity contribution in [2.24, 2.45) is 29.6 Å². The van der Waals surface area contributed by atoms with Crippen molar-refractivity contribution >= 4 is 5.78 Å². The molecule has 0 radical (unpaired) electrons. The first-order valence-electron chi connectivity index (χ1n) is 9.50. The average molecular weight is 304 g/mol. The average Bonchev–Trinajstić information content (AvgIpc) is 2.44. The second-order valence-corrected chi connectivity index (χ2v) is 9.00. The van der Waals surface area contributed by atoms with Gasteiger partial charge in [-0.25, -0.2) is 0 Å². The van der Waals surface area contributed by atoms with Crippen LogP contribution < -0.4 is 5.32 Å². The summed E-state index contributed by atoms with van der Waals surface area (Å²) in [6.07, 6.45) is 9.33. The highest BCUT2D eigenvalue weighted by Crippen LogP contribution is 2.58. The summed E-state index contributed by atoms with van der Waals surface area (Å²) >= 11 is 0. The van der Waals surface area contributed by atoms with Crippen LogP contribution in [0.5, 0.6) is 0 Å².